The molecule has 1 aliphatic heterocycles. The van der Waals surface area contributed by atoms with Gasteiger partial charge in [0.05, 0.1) is 6.61 Å². The van der Waals surface area contributed by atoms with Crippen LogP contribution in [0.4, 0.5) is 0 Å². The standard InChI is InChI=1S/C15H20O2/c1-3-4-11(2)14-10-17-15-6-5-12(7-8-16)9-13(14)15/h3,5-6,9,11,14,16H,1,4,7-8,10H2,2H3. The quantitative estimate of drug-likeness (QED) is 0.791. The Balaban J connectivity index is 2.22. The Bertz CT molecular complexity index is 398. The number of allylic oxidation sites excluding steroid dienone is 1. The van der Waals surface area contributed by atoms with Crippen molar-refractivity contribution >= 4 is 0 Å². The van der Waals surface area contributed by atoms with Gasteiger partial charge in [-0.15, -0.1) is 6.58 Å². The lowest BCUT2D eigenvalue weighted by Gasteiger charge is -2.16. The molecule has 0 saturated carbocycles. The van der Waals surface area contributed by atoms with E-state index in [2.05, 4.69) is 19.6 Å². The van der Waals surface area contributed by atoms with Gasteiger partial charge in [-0.25, -0.2) is 0 Å². The summed E-state index contributed by atoms with van der Waals surface area (Å²) in [6.07, 6.45) is 3.70. The van der Waals surface area contributed by atoms with Gasteiger partial charge in [0, 0.05) is 18.1 Å². The topological polar surface area (TPSA) is 29.5 Å². The molecular weight excluding hydrogens is 212 g/mol. The molecule has 1 heterocycles. The minimum absolute atomic E-state index is 0.201. The van der Waals surface area contributed by atoms with Gasteiger partial charge in [-0.05, 0) is 30.4 Å². The van der Waals surface area contributed by atoms with Gasteiger partial charge in [0.1, 0.15) is 5.75 Å². The Morgan fingerprint density at radius 2 is 2.41 bits per heavy atom. The highest BCUT2D eigenvalue weighted by Crippen LogP contribution is 2.39. The maximum Gasteiger partial charge on any atom is 0.122 e. The van der Waals surface area contributed by atoms with Crippen LogP contribution >= 0.6 is 0 Å². The van der Waals surface area contributed by atoms with E-state index in [1.165, 1.54) is 11.1 Å². The zero-order valence-corrected chi connectivity index (χ0v) is 10.4. The van der Waals surface area contributed by atoms with Gasteiger partial charge in [-0.2, -0.15) is 0 Å². The van der Waals surface area contributed by atoms with Crippen LogP contribution in [0.3, 0.4) is 0 Å². The van der Waals surface area contributed by atoms with Crippen molar-refractivity contribution in [1.82, 2.24) is 0 Å². The molecule has 1 N–H and O–H groups in total. The second kappa shape index (κ2) is 5.37. The van der Waals surface area contributed by atoms with Crippen LogP contribution in [0.1, 0.15) is 30.4 Å². The molecular formula is C15H20O2. The van der Waals surface area contributed by atoms with Gasteiger partial charge >= 0.3 is 0 Å². The maximum atomic E-state index is 8.98. The molecule has 1 aromatic rings. The van der Waals surface area contributed by atoms with Gasteiger partial charge in [-0.1, -0.05) is 25.1 Å². The van der Waals surface area contributed by atoms with Gasteiger partial charge in [-0.3, -0.25) is 0 Å². The normalized spacial score (nSPS) is 19.5. The molecule has 2 atom stereocenters. The first-order chi connectivity index (χ1) is 8.26. The molecule has 2 heteroatoms. The predicted molar refractivity (Wildman–Crippen MR) is 69.4 cm³/mol. The van der Waals surface area contributed by atoms with Crippen LogP contribution < -0.4 is 4.74 Å². The number of aliphatic hydroxyl groups excluding tert-OH is 1. The molecule has 1 aliphatic rings. The van der Waals surface area contributed by atoms with Crippen molar-refractivity contribution in [2.75, 3.05) is 13.2 Å². The average Bonchev–Trinajstić information content (AvgIpc) is 2.73. The van der Waals surface area contributed by atoms with Crippen LogP contribution in [-0.2, 0) is 6.42 Å². The van der Waals surface area contributed by atoms with E-state index in [1.807, 2.05) is 18.2 Å². The van der Waals surface area contributed by atoms with Crippen molar-refractivity contribution in [1.29, 1.82) is 0 Å². The summed E-state index contributed by atoms with van der Waals surface area (Å²) in [5, 5.41) is 8.98. The van der Waals surface area contributed by atoms with Crippen LogP contribution in [0, 0.1) is 5.92 Å². The van der Waals surface area contributed by atoms with Crippen LogP contribution in [0.2, 0.25) is 0 Å². The van der Waals surface area contributed by atoms with E-state index < -0.39 is 0 Å². The van der Waals surface area contributed by atoms with E-state index in [9.17, 15) is 0 Å². The molecule has 2 rings (SSSR count). The molecule has 0 saturated heterocycles. The zero-order chi connectivity index (χ0) is 12.3. The Morgan fingerprint density at radius 3 is 3.12 bits per heavy atom. The van der Waals surface area contributed by atoms with Crippen molar-refractivity contribution in [2.24, 2.45) is 5.92 Å². The van der Waals surface area contributed by atoms with Crippen molar-refractivity contribution in [3.8, 4) is 5.75 Å². The second-order valence-electron chi connectivity index (χ2n) is 4.76. The maximum absolute atomic E-state index is 8.98. The Kier molecular flexibility index (Phi) is 3.85. The summed E-state index contributed by atoms with van der Waals surface area (Å²) in [5.41, 5.74) is 2.48. The molecule has 0 amide bonds. The van der Waals surface area contributed by atoms with E-state index >= 15 is 0 Å². The molecule has 1 aromatic carbocycles. The number of rotatable bonds is 5. The van der Waals surface area contributed by atoms with E-state index in [0.717, 1.165) is 25.2 Å². The SMILES string of the molecule is C=CCC(C)C1COc2ccc(CCO)cc21. The fourth-order valence-corrected chi connectivity index (χ4v) is 2.47. The summed E-state index contributed by atoms with van der Waals surface area (Å²) in [4.78, 5) is 0. The molecule has 2 nitrogen and oxygen atoms in total. The first-order valence-corrected chi connectivity index (χ1v) is 6.23. The fraction of sp³-hybridized carbons (Fsp3) is 0.467. The second-order valence-corrected chi connectivity index (χ2v) is 4.76. The lowest BCUT2D eigenvalue weighted by molar-refractivity contribution is 0.297. The molecule has 17 heavy (non-hydrogen) atoms. The van der Waals surface area contributed by atoms with Gasteiger partial charge in [0.2, 0.25) is 0 Å². The molecule has 0 fully saturated rings. The third-order valence-corrected chi connectivity index (χ3v) is 3.52. The third-order valence-electron chi connectivity index (χ3n) is 3.52. The van der Waals surface area contributed by atoms with Crippen LogP contribution in [-0.4, -0.2) is 18.3 Å². The smallest absolute Gasteiger partial charge is 0.122 e. The minimum atomic E-state index is 0.201. The van der Waals surface area contributed by atoms with Gasteiger partial charge < -0.3 is 9.84 Å². The van der Waals surface area contributed by atoms with Crippen LogP contribution in [0.25, 0.3) is 0 Å². The summed E-state index contributed by atoms with van der Waals surface area (Å²) in [6, 6.07) is 6.25. The lowest BCUT2D eigenvalue weighted by Crippen LogP contribution is -2.10. The summed E-state index contributed by atoms with van der Waals surface area (Å²) < 4.78 is 5.71. The number of hydrogen-bond acceptors (Lipinski definition) is 2. The van der Waals surface area contributed by atoms with Crippen molar-refractivity contribution in [3.63, 3.8) is 0 Å². The highest BCUT2D eigenvalue weighted by molar-refractivity contribution is 5.43. The van der Waals surface area contributed by atoms with Gasteiger partial charge in [0.15, 0.2) is 0 Å². The summed E-state index contributed by atoms with van der Waals surface area (Å²) in [6.45, 7) is 7.01. The first-order valence-electron chi connectivity index (χ1n) is 6.23. The monoisotopic (exact) mass is 232 g/mol. The highest BCUT2D eigenvalue weighted by Gasteiger charge is 2.28. The third kappa shape index (κ3) is 2.52. The lowest BCUT2D eigenvalue weighted by atomic mass is 9.86. The molecule has 92 valence electrons. The van der Waals surface area contributed by atoms with Crippen LogP contribution in [0.5, 0.6) is 5.75 Å². The average molecular weight is 232 g/mol. The predicted octanol–water partition coefficient (Wildman–Crippen LogP) is 2.91. The first kappa shape index (κ1) is 12.2. The summed E-state index contributed by atoms with van der Waals surface area (Å²) in [5.74, 6) is 2.02. The number of hydrogen-bond donors (Lipinski definition) is 1. The highest BCUT2D eigenvalue weighted by atomic mass is 16.5. The molecule has 0 bridgehead atoms. The number of ether oxygens (including phenoxy) is 1. The van der Waals surface area contributed by atoms with E-state index in [1.54, 1.807) is 0 Å². The zero-order valence-electron chi connectivity index (χ0n) is 10.4. The van der Waals surface area contributed by atoms with E-state index in [-0.39, 0.29) is 6.61 Å². The molecule has 0 aliphatic carbocycles. The largest absolute Gasteiger partial charge is 0.493 e. The molecule has 2 unspecified atom stereocenters. The Morgan fingerprint density at radius 1 is 1.59 bits per heavy atom. The Hall–Kier alpha value is -1.28. The number of benzene rings is 1. The molecule has 0 radical (unpaired) electrons. The van der Waals surface area contributed by atoms with E-state index in [0.29, 0.717) is 11.8 Å². The van der Waals surface area contributed by atoms with Crippen molar-refractivity contribution < 1.29 is 9.84 Å². The van der Waals surface area contributed by atoms with Crippen LogP contribution in [0.15, 0.2) is 30.9 Å². The van der Waals surface area contributed by atoms with Crippen molar-refractivity contribution in [3.05, 3.63) is 42.0 Å². The van der Waals surface area contributed by atoms with E-state index in [4.69, 9.17) is 9.84 Å². The molecule has 0 aromatic heterocycles. The van der Waals surface area contributed by atoms with Gasteiger partial charge in [0.25, 0.3) is 0 Å². The molecule has 0 spiro atoms. The minimum Gasteiger partial charge on any atom is -0.493 e. The number of fused-ring (bicyclic) bond motifs is 1. The fourth-order valence-electron chi connectivity index (χ4n) is 2.47. The Labute approximate surface area is 103 Å². The summed E-state index contributed by atoms with van der Waals surface area (Å²) >= 11 is 0. The van der Waals surface area contributed by atoms with Crippen molar-refractivity contribution in [2.45, 2.75) is 25.7 Å². The summed E-state index contributed by atoms with van der Waals surface area (Å²) in [7, 11) is 0. The number of aliphatic hydroxyl groups is 1.